The molecule has 0 radical (unpaired) electrons. The first-order valence-electron chi connectivity index (χ1n) is 6.43. The average Bonchev–Trinajstić information content (AvgIpc) is 2.90. The van der Waals surface area contributed by atoms with Gasteiger partial charge in [0.25, 0.3) is 5.82 Å². The number of sulfone groups is 1. The Hall–Kier alpha value is -2.14. The molecule has 0 saturated heterocycles. The van der Waals surface area contributed by atoms with Crippen LogP contribution >= 0.6 is 11.8 Å². The van der Waals surface area contributed by atoms with E-state index in [0.29, 0.717) is 9.41 Å². The molecule has 0 aliphatic carbocycles. The van der Waals surface area contributed by atoms with Crippen LogP contribution in [0.15, 0.2) is 51.2 Å². The van der Waals surface area contributed by atoms with Gasteiger partial charge in [-0.15, -0.1) is 10.2 Å². The topological polar surface area (TPSA) is 77.2 Å². The van der Waals surface area contributed by atoms with Crippen molar-refractivity contribution in [1.82, 2.24) is 19.8 Å². The number of nitrogens with zero attached hydrogens (tertiary/aromatic N) is 4. The second-order valence-electron chi connectivity index (χ2n) is 4.78. The lowest BCUT2D eigenvalue weighted by atomic mass is 10.4. The van der Waals surface area contributed by atoms with Crippen LogP contribution in [0.3, 0.4) is 0 Å². The first kappa shape index (κ1) is 16.7. The predicted octanol–water partition coefficient (Wildman–Crippen LogP) is 2.70. The third-order valence-corrected chi connectivity index (χ3v) is 5.24. The monoisotopic (exact) mass is 374 g/mol. The van der Waals surface area contributed by atoms with E-state index in [0.717, 1.165) is 18.0 Å². The normalized spacial score (nSPS) is 12.7. The van der Waals surface area contributed by atoms with Crippen LogP contribution in [0.4, 0.5) is 13.2 Å². The highest BCUT2D eigenvalue weighted by Gasteiger charge is 2.37. The van der Waals surface area contributed by atoms with E-state index in [4.69, 9.17) is 0 Å². The summed E-state index contributed by atoms with van der Waals surface area (Å²) < 4.78 is 62.8. The van der Waals surface area contributed by atoms with Crippen molar-refractivity contribution in [3.05, 3.63) is 42.2 Å². The zero-order valence-corrected chi connectivity index (χ0v) is 13.7. The summed E-state index contributed by atoms with van der Waals surface area (Å²) in [6.45, 7) is 0. The molecule has 3 aromatic rings. The molecule has 2 aromatic heterocycles. The van der Waals surface area contributed by atoms with Crippen molar-refractivity contribution >= 4 is 27.2 Å². The van der Waals surface area contributed by atoms with E-state index < -0.39 is 21.8 Å². The van der Waals surface area contributed by atoms with Crippen LogP contribution in [-0.4, -0.2) is 34.5 Å². The molecular formula is C13H9F3N4O2S2. The Morgan fingerprint density at radius 2 is 1.79 bits per heavy atom. The maximum absolute atomic E-state index is 12.9. The molecule has 126 valence electrons. The summed E-state index contributed by atoms with van der Waals surface area (Å²) in [7, 11) is -3.48. The molecule has 6 nitrogen and oxygen atoms in total. The van der Waals surface area contributed by atoms with Crippen LogP contribution in [-0.2, 0) is 16.0 Å². The molecule has 11 heteroatoms. The van der Waals surface area contributed by atoms with E-state index in [2.05, 4.69) is 15.3 Å². The fourth-order valence-electron chi connectivity index (χ4n) is 1.96. The van der Waals surface area contributed by atoms with Gasteiger partial charge in [-0.2, -0.15) is 22.8 Å². The molecule has 0 N–H and O–H groups in total. The minimum atomic E-state index is -4.69. The Bertz CT molecular complexity index is 1020. The van der Waals surface area contributed by atoms with Crippen LogP contribution in [0, 0.1) is 0 Å². The van der Waals surface area contributed by atoms with Crippen LogP contribution in [0.1, 0.15) is 5.82 Å². The molecule has 0 amide bonds. The molecule has 0 bridgehead atoms. The van der Waals surface area contributed by atoms with Gasteiger partial charge >= 0.3 is 6.18 Å². The lowest BCUT2D eigenvalue weighted by Gasteiger charge is -2.07. The summed E-state index contributed by atoms with van der Waals surface area (Å²) in [5.41, 5.74) is -0.0527. The van der Waals surface area contributed by atoms with Crippen LogP contribution in [0.2, 0.25) is 0 Å². The summed E-state index contributed by atoms with van der Waals surface area (Å²) in [6, 6.07) is 8.97. The second-order valence-corrected chi connectivity index (χ2v) is 7.83. The van der Waals surface area contributed by atoms with Gasteiger partial charge in [0.1, 0.15) is 5.03 Å². The Balaban J connectivity index is 2.06. The average molecular weight is 374 g/mol. The summed E-state index contributed by atoms with van der Waals surface area (Å²) in [6.07, 6.45) is -3.63. The number of alkyl halides is 3. The highest BCUT2D eigenvalue weighted by molar-refractivity contribution is 8.00. The fourth-order valence-corrected chi connectivity index (χ4v) is 4.09. The number of rotatable bonds is 3. The zero-order chi connectivity index (χ0) is 17.5. The Kier molecular flexibility index (Phi) is 4.00. The maximum atomic E-state index is 12.9. The van der Waals surface area contributed by atoms with Gasteiger partial charge in [0.15, 0.2) is 15.5 Å². The third-order valence-electron chi connectivity index (χ3n) is 2.96. The minimum absolute atomic E-state index is 0.0527. The fraction of sp³-hybridized carbons (Fsp3) is 0.154. The Morgan fingerprint density at radius 1 is 1.08 bits per heavy atom. The molecule has 0 atom stereocenters. The maximum Gasteiger partial charge on any atom is 0.453 e. The Morgan fingerprint density at radius 3 is 2.46 bits per heavy atom. The lowest BCUT2D eigenvalue weighted by molar-refractivity contribution is -0.146. The summed E-state index contributed by atoms with van der Waals surface area (Å²) in [5.74, 6) is -1.24. The molecule has 0 aliphatic rings. The van der Waals surface area contributed by atoms with Crippen LogP contribution in [0.5, 0.6) is 0 Å². The van der Waals surface area contributed by atoms with Crippen LogP contribution in [0.25, 0.3) is 5.65 Å². The highest BCUT2D eigenvalue weighted by Crippen LogP contribution is 2.32. The molecule has 0 saturated carbocycles. The van der Waals surface area contributed by atoms with Crippen molar-refractivity contribution in [2.45, 2.75) is 21.0 Å². The largest absolute Gasteiger partial charge is 0.453 e. The van der Waals surface area contributed by atoms with Gasteiger partial charge in [0.05, 0.1) is 4.90 Å². The van der Waals surface area contributed by atoms with Gasteiger partial charge in [-0.3, -0.25) is 0 Å². The third kappa shape index (κ3) is 3.22. The minimum Gasteiger partial charge on any atom is -0.224 e. The summed E-state index contributed by atoms with van der Waals surface area (Å²) >= 11 is 0.945. The summed E-state index contributed by atoms with van der Waals surface area (Å²) in [5, 5.41) is 10.6. The summed E-state index contributed by atoms with van der Waals surface area (Å²) in [4.78, 5) is 0.449. The van der Waals surface area contributed by atoms with Gasteiger partial charge < -0.3 is 0 Å². The van der Waals surface area contributed by atoms with Crippen LogP contribution < -0.4 is 0 Å². The van der Waals surface area contributed by atoms with Gasteiger partial charge in [-0.25, -0.2) is 8.42 Å². The number of hydrogen-bond acceptors (Lipinski definition) is 6. The molecule has 0 spiro atoms. The van der Waals surface area contributed by atoms with Crippen molar-refractivity contribution in [3.8, 4) is 0 Å². The number of fused-ring (bicyclic) bond motifs is 1. The molecule has 24 heavy (non-hydrogen) atoms. The highest BCUT2D eigenvalue weighted by atomic mass is 32.2. The van der Waals surface area contributed by atoms with Crippen molar-refractivity contribution in [1.29, 1.82) is 0 Å². The molecule has 3 rings (SSSR count). The van der Waals surface area contributed by atoms with Crippen molar-refractivity contribution in [2.24, 2.45) is 0 Å². The van der Waals surface area contributed by atoms with Crippen molar-refractivity contribution < 1.29 is 21.6 Å². The van der Waals surface area contributed by atoms with E-state index in [1.54, 1.807) is 18.2 Å². The predicted molar refractivity (Wildman–Crippen MR) is 79.5 cm³/mol. The lowest BCUT2D eigenvalue weighted by Crippen LogP contribution is -2.12. The zero-order valence-electron chi connectivity index (χ0n) is 12.0. The molecule has 0 fully saturated rings. The standard InChI is InChI=1S/C13H9F3N4O2S2/c1-24(21,22)9-5-3-2-4-8(9)23-11-7-6-10-17-18-12(13(14,15)16)20(10)19-11/h2-7H,1H3. The SMILES string of the molecule is CS(=O)(=O)c1ccccc1Sc1ccc2nnc(C(F)(F)F)n2n1. The molecule has 0 aliphatic heterocycles. The van der Waals surface area contributed by atoms with E-state index >= 15 is 0 Å². The van der Waals surface area contributed by atoms with E-state index in [1.807, 2.05) is 0 Å². The number of aromatic nitrogens is 4. The molecule has 1 aromatic carbocycles. The molecular weight excluding hydrogens is 365 g/mol. The van der Waals surface area contributed by atoms with E-state index in [9.17, 15) is 21.6 Å². The van der Waals surface area contributed by atoms with Gasteiger partial charge in [0.2, 0.25) is 0 Å². The molecule has 0 unspecified atom stereocenters. The van der Waals surface area contributed by atoms with Crippen molar-refractivity contribution in [3.63, 3.8) is 0 Å². The second kappa shape index (κ2) is 5.74. The molecule has 2 heterocycles. The van der Waals surface area contributed by atoms with Gasteiger partial charge in [-0.05, 0) is 24.3 Å². The van der Waals surface area contributed by atoms with E-state index in [-0.39, 0.29) is 15.6 Å². The number of halogens is 3. The quantitative estimate of drug-likeness (QED) is 0.702. The first-order chi connectivity index (χ1) is 11.2. The van der Waals surface area contributed by atoms with E-state index in [1.165, 1.54) is 18.2 Å². The van der Waals surface area contributed by atoms with Gasteiger partial charge in [0, 0.05) is 11.2 Å². The van der Waals surface area contributed by atoms with Crippen molar-refractivity contribution in [2.75, 3.05) is 6.26 Å². The van der Waals surface area contributed by atoms with Gasteiger partial charge in [-0.1, -0.05) is 23.9 Å². The Labute approximate surface area is 138 Å². The number of benzene rings is 1. The number of hydrogen-bond donors (Lipinski definition) is 0. The smallest absolute Gasteiger partial charge is 0.224 e. The first-order valence-corrected chi connectivity index (χ1v) is 9.13.